The SMILES string of the molecule is CC(CCS(C)=O)Nc1nc2ccc([N+](=O)[O-])cc2[nH]1. The Morgan fingerprint density at radius 2 is 2.30 bits per heavy atom. The van der Waals surface area contributed by atoms with Gasteiger partial charge in [-0.25, -0.2) is 4.98 Å². The summed E-state index contributed by atoms with van der Waals surface area (Å²) in [6.07, 6.45) is 2.44. The number of benzene rings is 1. The van der Waals surface area contributed by atoms with E-state index in [9.17, 15) is 14.3 Å². The lowest BCUT2D eigenvalue weighted by molar-refractivity contribution is -0.384. The number of fused-ring (bicyclic) bond motifs is 1. The van der Waals surface area contributed by atoms with Crippen molar-refractivity contribution in [2.24, 2.45) is 0 Å². The maximum absolute atomic E-state index is 11.0. The predicted octanol–water partition coefficient (Wildman–Crippen LogP) is 2.04. The molecule has 2 aromatic rings. The first kappa shape index (κ1) is 14.4. The third-order valence-electron chi connectivity index (χ3n) is 2.90. The third-order valence-corrected chi connectivity index (χ3v) is 3.71. The Balaban J connectivity index is 2.11. The first-order chi connectivity index (χ1) is 9.45. The van der Waals surface area contributed by atoms with Crippen molar-refractivity contribution in [3.8, 4) is 0 Å². The van der Waals surface area contributed by atoms with Gasteiger partial charge in [0.15, 0.2) is 0 Å². The van der Waals surface area contributed by atoms with Crippen LogP contribution in [0.1, 0.15) is 13.3 Å². The molecule has 0 spiro atoms. The summed E-state index contributed by atoms with van der Waals surface area (Å²) in [5.74, 6) is 1.19. The number of nitrogens with one attached hydrogen (secondary N) is 2. The number of non-ortho nitro benzene ring substituents is 1. The van der Waals surface area contributed by atoms with Crippen LogP contribution in [-0.4, -0.2) is 37.2 Å². The minimum Gasteiger partial charge on any atom is -0.353 e. The molecule has 8 heteroatoms. The van der Waals surface area contributed by atoms with Crippen molar-refractivity contribution in [1.29, 1.82) is 0 Å². The monoisotopic (exact) mass is 296 g/mol. The smallest absolute Gasteiger partial charge is 0.271 e. The Hall–Kier alpha value is -1.96. The Labute approximate surface area is 118 Å². The van der Waals surface area contributed by atoms with Crippen molar-refractivity contribution >= 4 is 33.5 Å². The molecule has 2 atom stereocenters. The van der Waals surface area contributed by atoms with Crippen molar-refractivity contribution in [3.05, 3.63) is 28.3 Å². The lowest BCUT2D eigenvalue weighted by atomic mass is 10.3. The van der Waals surface area contributed by atoms with Crippen molar-refractivity contribution in [1.82, 2.24) is 9.97 Å². The molecular weight excluding hydrogens is 280 g/mol. The summed E-state index contributed by atoms with van der Waals surface area (Å²) < 4.78 is 11.0. The average molecular weight is 296 g/mol. The van der Waals surface area contributed by atoms with Gasteiger partial charge in [-0.05, 0) is 19.4 Å². The van der Waals surface area contributed by atoms with Crippen molar-refractivity contribution in [2.45, 2.75) is 19.4 Å². The molecule has 2 unspecified atom stereocenters. The molecule has 0 aliphatic carbocycles. The van der Waals surface area contributed by atoms with Gasteiger partial charge in [-0.3, -0.25) is 14.3 Å². The highest BCUT2D eigenvalue weighted by atomic mass is 32.2. The molecule has 1 heterocycles. The van der Waals surface area contributed by atoms with Gasteiger partial charge in [0.25, 0.3) is 5.69 Å². The Morgan fingerprint density at radius 3 is 2.95 bits per heavy atom. The van der Waals surface area contributed by atoms with Crippen LogP contribution in [-0.2, 0) is 10.8 Å². The summed E-state index contributed by atoms with van der Waals surface area (Å²) in [5.41, 5.74) is 1.32. The van der Waals surface area contributed by atoms with Crippen LogP contribution in [0.4, 0.5) is 11.6 Å². The van der Waals surface area contributed by atoms with E-state index in [0.29, 0.717) is 22.7 Å². The molecule has 1 aromatic carbocycles. The fourth-order valence-corrected chi connectivity index (χ4v) is 2.51. The second-order valence-corrected chi connectivity index (χ2v) is 6.21. The minimum absolute atomic E-state index is 0.0297. The van der Waals surface area contributed by atoms with Gasteiger partial charge < -0.3 is 10.3 Å². The molecule has 20 heavy (non-hydrogen) atoms. The lowest BCUT2D eigenvalue weighted by Crippen LogP contribution is -2.18. The van der Waals surface area contributed by atoms with Gasteiger partial charge in [-0.2, -0.15) is 0 Å². The number of H-pyrrole nitrogens is 1. The third kappa shape index (κ3) is 3.53. The molecule has 0 fully saturated rings. The van der Waals surface area contributed by atoms with E-state index in [2.05, 4.69) is 15.3 Å². The number of hydrogen-bond donors (Lipinski definition) is 2. The Morgan fingerprint density at radius 1 is 1.55 bits per heavy atom. The van der Waals surface area contributed by atoms with Crippen molar-refractivity contribution < 1.29 is 9.13 Å². The van der Waals surface area contributed by atoms with Crippen LogP contribution in [0.5, 0.6) is 0 Å². The molecule has 108 valence electrons. The highest BCUT2D eigenvalue weighted by molar-refractivity contribution is 7.84. The van der Waals surface area contributed by atoms with Gasteiger partial charge in [0, 0.05) is 41.0 Å². The normalized spacial score (nSPS) is 14.1. The Bertz CT molecular complexity index is 655. The van der Waals surface area contributed by atoms with Crippen molar-refractivity contribution in [2.75, 3.05) is 17.3 Å². The zero-order chi connectivity index (χ0) is 14.7. The van der Waals surface area contributed by atoms with Gasteiger partial charge in [0.1, 0.15) is 0 Å². The molecule has 0 aliphatic heterocycles. The van der Waals surface area contributed by atoms with E-state index in [1.807, 2.05) is 6.92 Å². The summed E-state index contributed by atoms with van der Waals surface area (Å²) in [4.78, 5) is 17.6. The summed E-state index contributed by atoms with van der Waals surface area (Å²) >= 11 is 0. The number of rotatable bonds is 6. The van der Waals surface area contributed by atoms with Gasteiger partial charge in [0.2, 0.25) is 5.95 Å². The van der Waals surface area contributed by atoms with Crippen LogP contribution < -0.4 is 5.32 Å². The summed E-state index contributed by atoms with van der Waals surface area (Å²) in [7, 11) is -0.813. The van der Waals surface area contributed by atoms with E-state index in [-0.39, 0.29) is 11.7 Å². The van der Waals surface area contributed by atoms with Crippen molar-refractivity contribution in [3.63, 3.8) is 0 Å². The van der Waals surface area contributed by atoms with Gasteiger partial charge in [0.05, 0.1) is 16.0 Å². The fourth-order valence-electron chi connectivity index (χ4n) is 1.83. The number of nitro groups is 1. The van der Waals surface area contributed by atoms with Crippen LogP contribution in [0.15, 0.2) is 18.2 Å². The summed E-state index contributed by atoms with van der Waals surface area (Å²) in [6.45, 7) is 1.97. The minimum atomic E-state index is -0.813. The number of aromatic nitrogens is 2. The molecule has 0 saturated heterocycles. The molecule has 2 rings (SSSR count). The zero-order valence-electron chi connectivity index (χ0n) is 11.3. The molecule has 0 radical (unpaired) electrons. The molecule has 0 saturated carbocycles. The summed E-state index contributed by atoms with van der Waals surface area (Å²) in [5, 5.41) is 13.9. The molecule has 2 N–H and O–H groups in total. The highest BCUT2D eigenvalue weighted by Crippen LogP contribution is 2.20. The van der Waals surface area contributed by atoms with E-state index >= 15 is 0 Å². The second kappa shape index (κ2) is 6.00. The lowest BCUT2D eigenvalue weighted by Gasteiger charge is -2.11. The van der Waals surface area contributed by atoms with Gasteiger partial charge >= 0.3 is 0 Å². The van der Waals surface area contributed by atoms with Crippen LogP contribution in [0.3, 0.4) is 0 Å². The Kier molecular flexibility index (Phi) is 4.33. The summed E-state index contributed by atoms with van der Waals surface area (Å²) in [6, 6.07) is 4.62. The quantitative estimate of drug-likeness (QED) is 0.627. The van der Waals surface area contributed by atoms with Crippen LogP contribution >= 0.6 is 0 Å². The first-order valence-electron chi connectivity index (χ1n) is 6.16. The average Bonchev–Trinajstić information content (AvgIpc) is 2.77. The predicted molar refractivity (Wildman–Crippen MR) is 79.4 cm³/mol. The molecule has 7 nitrogen and oxygen atoms in total. The van der Waals surface area contributed by atoms with Crippen LogP contribution in [0, 0.1) is 10.1 Å². The van der Waals surface area contributed by atoms with E-state index < -0.39 is 15.7 Å². The van der Waals surface area contributed by atoms with Gasteiger partial charge in [-0.15, -0.1) is 0 Å². The number of imidazole rings is 1. The number of anilines is 1. The second-order valence-electron chi connectivity index (χ2n) is 4.66. The molecule has 0 aliphatic rings. The number of nitro benzene ring substituents is 1. The largest absolute Gasteiger partial charge is 0.353 e. The standard InChI is InChI=1S/C12H16N4O3S/c1-8(5-6-20(2)19)13-12-14-10-4-3-9(16(17)18)7-11(10)15-12/h3-4,7-8H,5-6H2,1-2H3,(H2,13,14,15). The number of nitrogens with zero attached hydrogens (tertiary/aromatic N) is 2. The number of hydrogen-bond acceptors (Lipinski definition) is 5. The van der Waals surface area contributed by atoms with Gasteiger partial charge in [-0.1, -0.05) is 0 Å². The molecular formula is C12H16N4O3S. The molecule has 1 aromatic heterocycles. The maximum atomic E-state index is 11.0. The van der Waals surface area contributed by atoms with E-state index in [1.54, 1.807) is 12.3 Å². The van der Waals surface area contributed by atoms with Crippen LogP contribution in [0.2, 0.25) is 0 Å². The highest BCUT2D eigenvalue weighted by Gasteiger charge is 2.11. The topological polar surface area (TPSA) is 101 Å². The maximum Gasteiger partial charge on any atom is 0.271 e. The molecule has 0 bridgehead atoms. The zero-order valence-corrected chi connectivity index (χ0v) is 12.1. The first-order valence-corrected chi connectivity index (χ1v) is 7.89. The van der Waals surface area contributed by atoms with E-state index in [4.69, 9.17) is 0 Å². The van der Waals surface area contributed by atoms with E-state index in [0.717, 1.165) is 6.42 Å². The molecule has 0 amide bonds. The fraction of sp³-hybridized carbons (Fsp3) is 0.417. The van der Waals surface area contributed by atoms with Crippen LogP contribution in [0.25, 0.3) is 11.0 Å². The van der Waals surface area contributed by atoms with E-state index in [1.165, 1.54) is 12.1 Å². The number of aromatic amines is 1.